The smallest absolute Gasteiger partial charge is 0.270 e. The van der Waals surface area contributed by atoms with Gasteiger partial charge in [-0.15, -0.1) is 0 Å². The summed E-state index contributed by atoms with van der Waals surface area (Å²) in [7, 11) is -3.79. The van der Waals surface area contributed by atoms with E-state index in [1.807, 2.05) is 31.2 Å². The molecule has 7 nitrogen and oxygen atoms in total. The van der Waals surface area contributed by atoms with Gasteiger partial charge in [0.1, 0.15) is 4.90 Å². The van der Waals surface area contributed by atoms with Crippen molar-refractivity contribution in [3.63, 3.8) is 0 Å². The zero-order valence-corrected chi connectivity index (χ0v) is 14.6. The zero-order valence-electron chi connectivity index (χ0n) is 13.8. The molecule has 3 rings (SSSR count). The third-order valence-electron chi connectivity index (χ3n) is 4.19. The van der Waals surface area contributed by atoms with Gasteiger partial charge in [-0.1, -0.05) is 17.7 Å². The highest BCUT2D eigenvalue weighted by Crippen LogP contribution is 2.32. The molecule has 0 atom stereocenters. The van der Waals surface area contributed by atoms with Crippen LogP contribution in [0.2, 0.25) is 0 Å². The first-order valence-electron chi connectivity index (χ1n) is 8.00. The number of non-ortho nitro benzene ring substituents is 1. The summed E-state index contributed by atoms with van der Waals surface area (Å²) >= 11 is 0. The van der Waals surface area contributed by atoms with Crippen LogP contribution in [0.3, 0.4) is 0 Å². The topological polar surface area (TPSA) is 92.5 Å². The number of nitrogens with zero attached hydrogens (tertiary/aromatic N) is 2. The van der Waals surface area contributed by atoms with E-state index in [2.05, 4.69) is 5.32 Å². The van der Waals surface area contributed by atoms with Crippen molar-refractivity contribution in [3.05, 3.63) is 58.1 Å². The van der Waals surface area contributed by atoms with Gasteiger partial charge in [0.25, 0.3) is 5.69 Å². The van der Waals surface area contributed by atoms with Crippen LogP contribution in [0.25, 0.3) is 0 Å². The summed E-state index contributed by atoms with van der Waals surface area (Å²) in [5.74, 6) is 0. The van der Waals surface area contributed by atoms with E-state index in [-0.39, 0.29) is 10.6 Å². The molecule has 1 N–H and O–H groups in total. The van der Waals surface area contributed by atoms with Gasteiger partial charge >= 0.3 is 0 Å². The van der Waals surface area contributed by atoms with Gasteiger partial charge in [0, 0.05) is 30.9 Å². The normalized spacial score (nSPS) is 15.2. The Morgan fingerprint density at radius 1 is 1.08 bits per heavy atom. The summed E-state index contributed by atoms with van der Waals surface area (Å²) in [5.41, 5.74) is 1.89. The number of hydrogen-bond donors (Lipinski definition) is 1. The monoisotopic (exact) mass is 361 g/mol. The summed E-state index contributed by atoms with van der Waals surface area (Å²) in [6.07, 6.45) is 1.60. The highest BCUT2D eigenvalue weighted by molar-refractivity contribution is 7.89. The lowest BCUT2D eigenvalue weighted by Crippen LogP contribution is -2.28. The molecule has 8 heteroatoms. The Balaban J connectivity index is 2.05. The average molecular weight is 361 g/mol. The van der Waals surface area contributed by atoms with Gasteiger partial charge in [-0.2, -0.15) is 4.31 Å². The van der Waals surface area contributed by atoms with Gasteiger partial charge in [-0.05, 0) is 38.0 Å². The Morgan fingerprint density at radius 2 is 1.72 bits per heavy atom. The number of rotatable bonds is 5. The van der Waals surface area contributed by atoms with Crippen LogP contribution in [0.1, 0.15) is 18.4 Å². The highest BCUT2D eigenvalue weighted by atomic mass is 32.2. The molecule has 1 aliphatic heterocycles. The number of aryl methyl sites for hydroxylation is 1. The maximum atomic E-state index is 12.9. The van der Waals surface area contributed by atoms with Crippen molar-refractivity contribution in [1.29, 1.82) is 0 Å². The molecule has 0 radical (unpaired) electrons. The van der Waals surface area contributed by atoms with Crippen LogP contribution in [-0.2, 0) is 10.0 Å². The van der Waals surface area contributed by atoms with Crippen molar-refractivity contribution < 1.29 is 13.3 Å². The molecule has 2 aromatic carbocycles. The molecule has 0 bridgehead atoms. The van der Waals surface area contributed by atoms with Crippen LogP contribution in [0.5, 0.6) is 0 Å². The van der Waals surface area contributed by atoms with E-state index in [4.69, 9.17) is 0 Å². The molecule has 0 spiro atoms. The number of nitro groups is 1. The molecule has 0 saturated carbocycles. The molecule has 1 fully saturated rings. The number of benzene rings is 2. The van der Waals surface area contributed by atoms with Gasteiger partial charge in [-0.25, -0.2) is 8.42 Å². The Morgan fingerprint density at radius 3 is 2.32 bits per heavy atom. The first kappa shape index (κ1) is 17.4. The van der Waals surface area contributed by atoms with E-state index in [9.17, 15) is 18.5 Å². The second kappa shape index (κ2) is 6.81. The Bertz CT molecular complexity index is 889. The largest absolute Gasteiger partial charge is 0.354 e. The van der Waals surface area contributed by atoms with Crippen molar-refractivity contribution >= 4 is 27.1 Å². The Labute approximate surface area is 146 Å². The Hall–Kier alpha value is -2.45. The lowest BCUT2D eigenvalue weighted by atomic mass is 10.2. The zero-order chi connectivity index (χ0) is 18.0. The van der Waals surface area contributed by atoms with Gasteiger partial charge in [0.2, 0.25) is 10.0 Å². The second-order valence-corrected chi connectivity index (χ2v) is 7.95. The molecular weight excluding hydrogens is 342 g/mol. The minimum atomic E-state index is -3.79. The fourth-order valence-electron chi connectivity index (χ4n) is 2.80. The molecule has 1 heterocycles. The van der Waals surface area contributed by atoms with E-state index in [0.29, 0.717) is 18.8 Å². The van der Waals surface area contributed by atoms with Gasteiger partial charge < -0.3 is 5.32 Å². The highest BCUT2D eigenvalue weighted by Gasteiger charge is 2.31. The van der Waals surface area contributed by atoms with E-state index in [1.165, 1.54) is 16.4 Å². The van der Waals surface area contributed by atoms with Gasteiger partial charge in [-0.3, -0.25) is 10.1 Å². The third-order valence-corrected chi connectivity index (χ3v) is 6.13. The minimum Gasteiger partial charge on any atom is -0.354 e. The summed E-state index contributed by atoms with van der Waals surface area (Å²) in [4.78, 5) is 10.4. The summed E-state index contributed by atoms with van der Waals surface area (Å²) < 4.78 is 27.3. The van der Waals surface area contributed by atoms with E-state index < -0.39 is 14.9 Å². The number of anilines is 2. The number of sulfonamides is 1. The molecule has 25 heavy (non-hydrogen) atoms. The minimum absolute atomic E-state index is 0.0656. The molecule has 0 amide bonds. The predicted octanol–water partition coefficient (Wildman–Crippen LogP) is 3.43. The van der Waals surface area contributed by atoms with Gasteiger partial charge in [0.15, 0.2) is 0 Å². The summed E-state index contributed by atoms with van der Waals surface area (Å²) in [6, 6.07) is 11.4. The Kier molecular flexibility index (Phi) is 4.73. The van der Waals surface area contributed by atoms with Crippen molar-refractivity contribution in [2.75, 3.05) is 18.4 Å². The third kappa shape index (κ3) is 3.64. The second-order valence-electron chi connectivity index (χ2n) is 6.04. The number of hydrogen-bond acceptors (Lipinski definition) is 5. The van der Waals surface area contributed by atoms with Crippen LogP contribution in [0.4, 0.5) is 17.1 Å². The standard InChI is InChI=1S/C17H19N3O4S/c1-13-4-6-14(7-5-13)18-16-9-8-15(20(21)22)12-17(16)25(23,24)19-10-2-3-11-19/h4-9,12,18H,2-3,10-11H2,1H3. The van der Waals surface area contributed by atoms with Crippen LogP contribution < -0.4 is 5.32 Å². The predicted molar refractivity (Wildman–Crippen MR) is 95.6 cm³/mol. The van der Waals surface area contributed by atoms with Crippen LogP contribution in [0, 0.1) is 17.0 Å². The maximum Gasteiger partial charge on any atom is 0.270 e. The molecule has 0 aliphatic carbocycles. The van der Waals surface area contributed by atoms with E-state index in [1.54, 1.807) is 0 Å². The van der Waals surface area contributed by atoms with Crippen molar-refractivity contribution in [2.24, 2.45) is 0 Å². The lowest BCUT2D eigenvalue weighted by molar-refractivity contribution is -0.385. The molecule has 0 unspecified atom stereocenters. The lowest BCUT2D eigenvalue weighted by Gasteiger charge is -2.19. The first-order chi connectivity index (χ1) is 11.9. The quantitative estimate of drug-likeness (QED) is 0.650. The van der Waals surface area contributed by atoms with Crippen molar-refractivity contribution in [1.82, 2.24) is 4.31 Å². The SMILES string of the molecule is Cc1ccc(Nc2ccc([N+](=O)[O-])cc2S(=O)(=O)N2CCCC2)cc1. The summed E-state index contributed by atoms with van der Waals surface area (Å²) in [5, 5.41) is 14.2. The van der Waals surface area contributed by atoms with Crippen LogP contribution in [0.15, 0.2) is 47.4 Å². The van der Waals surface area contributed by atoms with Gasteiger partial charge in [0.05, 0.1) is 10.6 Å². The molecule has 1 aliphatic rings. The number of nitro benzene ring substituents is 1. The van der Waals surface area contributed by atoms with E-state index in [0.717, 1.165) is 30.2 Å². The molecular formula is C17H19N3O4S. The fourth-order valence-corrected chi connectivity index (χ4v) is 4.48. The maximum absolute atomic E-state index is 12.9. The molecule has 1 saturated heterocycles. The first-order valence-corrected chi connectivity index (χ1v) is 9.44. The van der Waals surface area contributed by atoms with E-state index >= 15 is 0 Å². The van der Waals surface area contributed by atoms with Crippen molar-refractivity contribution in [3.8, 4) is 0 Å². The number of nitrogens with one attached hydrogen (secondary N) is 1. The average Bonchev–Trinajstić information content (AvgIpc) is 3.12. The van der Waals surface area contributed by atoms with Crippen molar-refractivity contribution in [2.45, 2.75) is 24.7 Å². The fraction of sp³-hybridized carbons (Fsp3) is 0.294. The summed E-state index contributed by atoms with van der Waals surface area (Å²) in [6.45, 7) is 2.84. The van der Waals surface area contributed by atoms with Crippen LogP contribution >= 0.6 is 0 Å². The molecule has 0 aromatic heterocycles. The molecule has 2 aromatic rings. The van der Waals surface area contributed by atoms with Crippen LogP contribution in [-0.4, -0.2) is 30.7 Å². The molecule has 132 valence electrons.